The molecule has 0 bridgehead atoms. The summed E-state index contributed by atoms with van der Waals surface area (Å²) in [7, 11) is 1.24. The molecule has 0 aliphatic heterocycles. The van der Waals surface area contributed by atoms with Gasteiger partial charge in [-0.25, -0.2) is 4.79 Å². The Labute approximate surface area is 104 Å². The monoisotopic (exact) mass is 253 g/mol. The van der Waals surface area contributed by atoms with E-state index >= 15 is 0 Å². The second kappa shape index (κ2) is 6.70. The summed E-state index contributed by atoms with van der Waals surface area (Å²) in [5.41, 5.74) is 0.840. The van der Waals surface area contributed by atoms with Gasteiger partial charge in [0.1, 0.15) is 11.6 Å². The number of halogens is 1. The van der Waals surface area contributed by atoms with Crippen molar-refractivity contribution in [3.8, 4) is 0 Å². The van der Waals surface area contributed by atoms with E-state index in [1.165, 1.54) is 13.2 Å². The third-order valence-corrected chi connectivity index (χ3v) is 2.15. The molecule has 4 nitrogen and oxygen atoms in total. The largest absolute Gasteiger partial charge is 0.464 e. The van der Waals surface area contributed by atoms with Crippen LogP contribution in [0.5, 0.6) is 0 Å². The Morgan fingerprint density at radius 3 is 2.53 bits per heavy atom. The summed E-state index contributed by atoms with van der Waals surface area (Å²) in [6.07, 6.45) is 1.52. The van der Waals surface area contributed by atoms with Crippen molar-refractivity contribution < 1.29 is 14.3 Å². The maximum Gasteiger partial charge on any atom is 0.354 e. The highest BCUT2D eigenvalue weighted by Crippen LogP contribution is 2.06. The molecular formula is C12H12ClNO3. The number of carbonyl (C=O) groups is 2. The number of amides is 1. The average molecular weight is 254 g/mol. The molecule has 0 spiro atoms. The van der Waals surface area contributed by atoms with Gasteiger partial charge in [-0.05, 0) is 11.6 Å². The van der Waals surface area contributed by atoms with Crippen LogP contribution in [0.15, 0.2) is 36.0 Å². The summed E-state index contributed by atoms with van der Waals surface area (Å²) in [5.74, 6) is -1.30. The predicted molar refractivity (Wildman–Crippen MR) is 65.3 cm³/mol. The van der Waals surface area contributed by atoms with E-state index in [2.05, 4.69) is 10.1 Å². The Kier molecular flexibility index (Phi) is 5.23. The second-order valence-corrected chi connectivity index (χ2v) is 3.41. The van der Waals surface area contributed by atoms with Crippen molar-refractivity contribution in [2.24, 2.45) is 0 Å². The van der Waals surface area contributed by atoms with E-state index in [9.17, 15) is 9.59 Å². The van der Waals surface area contributed by atoms with E-state index in [0.29, 0.717) is 0 Å². The quantitative estimate of drug-likeness (QED) is 0.503. The van der Waals surface area contributed by atoms with Gasteiger partial charge in [0, 0.05) is 0 Å². The van der Waals surface area contributed by atoms with Crippen molar-refractivity contribution >= 4 is 29.6 Å². The van der Waals surface area contributed by atoms with Gasteiger partial charge < -0.3 is 10.1 Å². The first-order valence-corrected chi connectivity index (χ1v) is 5.41. The number of rotatable bonds is 4. The zero-order valence-electron chi connectivity index (χ0n) is 9.27. The Bertz CT molecular complexity index is 429. The van der Waals surface area contributed by atoms with E-state index < -0.39 is 11.9 Å². The lowest BCUT2D eigenvalue weighted by Gasteiger charge is -2.06. The van der Waals surface area contributed by atoms with Crippen molar-refractivity contribution in [1.29, 1.82) is 0 Å². The molecular weight excluding hydrogens is 242 g/mol. The standard InChI is InChI=1S/C12H12ClNO3/c1-17-12(16)10(14-11(15)8-13)7-9-5-3-2-4-6-9/h2-7H,8H2,1H3,(H,14,15)/b10-7-. The van der Waals surface area contributed by atoms with Crippen LogP contribution in [-0.4, -0.2) is 24.9 Å². The highest BCUT2D eigenvalue weighted by Gasteiger charge is 2.12. The molecule has 0 unspecified atom stereocenters. The van der Waals surface area contributed by atoms with Crippen LogP contribution < -0.4 is 5.32 Å². The van der Waals surface area contributed by atoms with Gasteiger partial charge in [-0.15, -0.1) is 11.6 Å². The number of hydrogen-bond donors (Lipinski definition) is 1. The SMILES string of the molecule is COC(=O)/C(=C/c1ccccc1)NC(=O)CCl. The lowest BCUT2D eigenvalue weighted by Crippen LogP contribution is -2.28. The van der Waals surface area contributed by atoms with Crippen LogP contribution in [-0.2, 0) is 14.3 Å². The van der Waals surface area contributed by atoms with Crippen LogP contribution in [0.4, 0.5) is 0 Å². The molecule has 1 amide bonds. The van der Waals surface area contributed by atoms with Gasteiger partial charge in [0.2, 0.25) is 5.91 Å². The predicted octanol–water partition coefficient (Wildman–Crippen LogP) is 1.56. The molecule has 1 rings (SSSR count). The molecule has 90 valence electrons. The van der Waals surface area contributed by atoms with E-state index in [0.717, 1.165) is 5.56 Å². The molecule has 0 saturated carbocycles. The first-order valence-electron chi connectivity index (χ1n) is 4.88. The van der Waals surface area contributed by atoms with Gasteiger partial charge in [-0.3, -0.25) is 4.79 Å². The summed E-state index contributed by atoms with van der Waals surface area (Å²) in [6.45, 7) is 0. The molecule has 0 saturated heterocycles. The maximum atomic E-state index is 11.4. The van der Waals surface area contributed by atoms with Crippen molar-refractivity contribution in [2.45, 2.75) is 0 Å². The Morgan fingerprint density at radius 1 is 1.35 bits per heavy atom. The first kappa shape index (κ1) is 13.3. The fourth-order valence-electron chi connectivity index (χ4n) is 1.16. The highest BCUT2D eigenvalue weighted by atomic mass is 35.5. The van der Waals surface area contributed by atoms with Crippen LogP contribution in [0.2, 0.25) is 0 Å². The fourth-order valence-corrected chi connectivity index (χ4v) is 1.22. The number of esters is 1. The Hall–Kier alpha value is -1.81. The van der Waals surface area contributed by atoms with Gasteiger partial charge in [0.25, 0.3) is 0 Å². The van der Waals surface area contributed by atoms with Gasteiger partial charge in [-0.1, -0.05) is 30.3 Å². The number of alkyl halides is 1. The lowest BCUT2D eigenvalue weighted by atomic mass is 10.2. The number of methoxy groups -OCH3 is 1. The summed E-state index contributed by atoms with van der Waals surface area (Å²) in [4.78, 5) is 22.6. The molecule has 0 radical (unpaired) electrons. The zero-order valence-corrected chi connectivity index (χ0v) is 10.0. The molecule has 0 aliphatic rings. The first-order chi connectivity index (χ1) is 8.17. The molecule has 0 fully saturated rings. The smallest absolute Gasteiger partial charge is 0.354 e. The van der Waals surface area contributed by atoms with Crippen molar-refractivity contribution in [3.63, 3.8) is 0 Å². The number of ether oxygens (including phenoxy) is 1. The molecule has 1 aromatic rings. The molecule has 1 aromatic carbocycles. The van der Waals surface area contributed by atoms with Crippen molar-refractivity contribution in [2.75, 3.05) is 13.0 Å². The summed E-state index contributed by atoms with van der Waals surface area (Å²) in [5, 5.41) is 2.38. The minimum Gasteiger partial charge on any atom is -0.464 e. The Balaban J connectivity index is 2.94. The summed E-state index contributed by atoms with van der Waals surface area (Å²) < 4.78 is 4.56. The highest BCUT2D eigenvalue weighted by molar-refractivity contribution is 6.27. The third-order valence-electron chi connectivity index (χ3n) is 1.91. The topological polar surface area (TPSA) is 55.4 Å². The normalized spacial score (nSPS) is 10.8. The van der Waals surface area contributed by atoms with Crippen LogP contribution in [0.25, 0.3) is 6.08 Å². The van der Waals surface area contributed by atoms with Gasteiger partial charge in [0.05, 0.1) is 7.11 Å². The van der Waals surface area contributed by atoms with Crippen LogP contribution >= 0.6 is 11.6 Å². The third kappa shape index (κ3) is 4.28. The van der Waals surface area contributed by atoms with Crippen molar-refractivity contribution in [3.05, 3.63) is 41.6 Å². The summed E-state index contributed by atoms with van der Waals surface area (Å²) in [6, 6.07) is 9.10. The van der Waals surface area contributed by atoms with E-state index in [1.807, 2.05) is 18.2 Å². The molecule has 0 aliphatic carbocycles. The van der Waals surface area contributed by atoms with Gasteiger partial charge in [-0.2, -0.15) is 0 Å². The van der Waals surface area contributed by atoms with E-state index in [-0.39, 0.29) is 11.6 Å². The second-order valence-electron chi connectivity index (χ2n) is 3.14. The minimum absolute atomic E-state index is 0.0596. The molecule has 0 atom stereocenters. The van der Waals surface area contributed by atoms with Crippen LogP contribution in [0.1, 0.15) is 5.56 Å². The van der Waals surface area contributed by atoms with E-state index in [4.69, 9.17) is 11.6 Å². The molecule has 1 N–H and O–H groups in total. The molecule has 17 heavy (non-hydrogen) atoms. The molecule has 0 aromatic heterocycles. The van der Waals surface area contributed by atoms with E-state index in [1.54, 1.807) is 12.1 Å². The average Bonchev–Trinajstić information content (AvgIpc) is 2.38. The number of nitrogens with one attached hydrogen (secondary N) is 1. The molecule has 0 heterocycles. The minimum atomic E-state index is -0.618. The van der Waals surface area contributed by atoms with Crippen molar-refractivity contribution in [1.82, 2.24) is 5.32 Å². The maximum absolute atomic E-state index is 11.4. The number of hydrogen-bond acceptors (Lipinski definition) is 3. The molecule has 5 heteroatoms. The lowest BCUT2D eigenvalue weighted by molar-refractivity contribution is -0.137. The Morgan fingerprint density at radius 2 is 2.00 bits per heavy atom. The number of benzene rings is 1. The van der Waals surface area contributed by atoms with Crippen LogP contribution in [0.3, 0.4) is 0 Å². The van der Waals surface area contributed by atoms with Crippen LogP contribution in [0, 0.1) is 0 Å². The summed E-state index contributed by atoms with van der Waals surface area (Å²) >= 11 is 5.36. The van der Waals surface area contributed by atoms with Gasteiger partial charge >= 0.3 is 5.97 Å². The van der Waals surface area contributed by atoms with Gasteiger partial charge in [0.15, 0.2) is 0 Å². The fraction of sp³-hybridized carbons (Fsp3) is 0.167. The number of carbonyl (C=O) groups excluding carboxylic acids is 2. The zero-order chi connectivity index (χ0) is 12.7.